The van der Waals surface area contributed by atoms with Gasteiger partial charge in [0, 0.05) is 11.4 Å². The molecule has 0 saturated heterocycles. The Kier molecular flexibility index (Phi) is 6.38. The smallest absolute Gasteiger partial charge is 0.326 e. The topological polar surface area (TPSA) is 132 Å². The molecule has 1 aromatic heterocycles. The van der Waals surface area contributed by atoms with Gasteiger partial charge in [0.15, 0.2) is 0 Å². The maximum Gasteiger partial charge on any atom is 0.326 e. The maximum absolute atomic E-state index is 13.3. The van der Waals surface area contributed by atoms with Crippen molar-refractivity contribution in [2.45, 2.75) is 38.1 Å². The number of aliphatic carboxylic acids is 1. The van der Waals surface area contributed by atoms with Crippen LogP contribution in [0, 0.1) is 0 Å². The van der Waals surface area contributed by atoms with Crippen LogP contribution in [0.2, 0.25) is 0 Å². The normalized spacial score (nSPS) is 15.5. The zero-order valence-electron chi connectivity index (χ0n) is 18.5. The fourth-order valence-corrected chi connectivity index (χ4v) is 4.01. The molecule has 34 heavy (non-hydrogen) atoms. The number of nitrogens with zero attached hydrogens (tertiary/aromatic N) is 1. The van der Waals surface area contributed by atoms with Gasteiger partial charge >= 0.3 is 5.97 Å². The Hall–Kier alpha value is -4.11. The van der Waals surface area contributed by atoms with Crippen molar-refractivity contribution in [3.05, 3.63) is 83.8 Å². The number of nitrogens with one attached hydrogen (secondary N) is 2. The quantitative estimate of drug-likeness (QED) is 0.265. The first-order valence-electron chi connectivity index (χ1n) is 10.8. The average Bonchev–Trinajstić information content (AvgIpc) is 3.41. The molecule has 0 fully saturated rings. The summed E-state index contributed by atoms with van der Waals surface area (Å²) >= 11 is 0. The lowest BCUT2D eigenvalue weighted by molar-refractivity contribution is -0.142. The summed E-state index contributed by atoms with van der Waals surface area (Å²) in [7, 11) is 0. The van der Waals surface area contributed by atoms with Gasteiger partial charge in [-0.3, -0.25) is 14.5 Å². The zero-order chi connectivity index (χ0) is 24.3. The molecular weight excluding hydrogens is 438 g/mol. The van der Waals surface area contributed by atoms with E-state index in [0.717, 1.165) is 4.90 Å². The summed E-state index contributed by atoms with van der Waals surface area (Å²) in [6.45, 7) is 1.80. The highest BCUT2D eigenvalue weighted by Gasteiger charge is 2.44. The molecule has 0 spiro atoms. The summed E-state index contributed by atoms with van der Waals surface area (Å²) in [5, 5.41) is 26.6. The third-order valence-corrected chi connectivity index (χ3v) is 5.67. The van der Waals surface area contributed by atoms with Gasteiger partial charge in [-0.15, -0.1) is 0 Å². The minimum absolute atomic E-state index is 0.0180. The highest BCUT2D eigenvalue weighted by atomic mass is 16.4. The Labute approximate surface area is 196 Å². The third kappa shape index (κ3) is 4.79. The van der Waals surface area contributed by atoms with E-state index in [0.29, 0.717) is 23.7 Å². The summed E-state index contributed by atoms with van der Waals surface area (Å²) in [6, 6.07) is 15.8. The van der Waals surface area contributed by atoms with Crippen LogP contribution in [0.3, 0.4) is 0 Å². The van der Waals surface area contributed by atoms with E-state index in [9.17, 15) is 24.6 Å². The largest absolute Gasteiger partial charge is 0.480 e. The van der Waals surface area contributed by atoms with Crippen LogP contribution in [0.5, 0.6) is 0 Å². The van der Waals surface area contributed by atoms with E-state index in [-0.39, 0.29) is 24.0 Å². The third-order valence-electron chi connectivity index (χ3n) is 5.67. The Bertz CT molecular complexity index is 1190. The summed E-state index contributed by atoms with van der Waals surface area (Å²) in [6.07, 6.45) is 1.38. The Morgan fingerprint density at radius 2 is 1.82 bits per heavy atom. The average molecular weight is 463 g/mol. The van der Waals surface area contributed by atoms with Crippen molar-refractivity contribution in [1.82, 2.24) is 4.90 Å². The van der Waals surface area contributed by atoms with Crippen molar-refractivity contribution in [1.29, 1.82) is 0 Å². The van der Waals surface area contributed by atoms with Gasteiger partial charge in [-0.25, -0.2) is 4.79 Å². The lowest BCUT2D eigenvalue weighted by atomic mass is 10.0. The van der Waals surface area contributed by atoms with E-state index < -0.39 is 29.6 Å². The summed E-state index contributed by atoms with van der Waals surface area (Å²) in [5.41, 5.74) is -0.123. The van der Waals surface area contributed by atoms with E-state index in [1.54, 1.807) is 48.5 Å². The molecule has 2 aromatic carbocycles. The Morgan fingerprint density at radius 1 is 1.06 bits per heavy atom. The molecule has 2 unspecified atom stereocenters. The minimum Gasteiger partial charge on any atom is -0.480 e. The first-order chi connectivity index (χ1) is 16.3. The molecule has 3 aromatic rings. The van der Waals surface area contributed by atoms with E-state index >= 15 is 0 Å². The van der Waals surface area contributed by atoms with Crippen molar-refractivity contribution in [2.75, 3.05) is 10.6 Å². The number of carboxylic acid groups (broad SMARTS) is 1. The predicted molar refractivity (Wildman–Crippen MR) is 124 cm³/mol. The fraction of sp³-hybridized carbons (Fsp3) is 0.240. The van der Waals surface area contributed by atoms with Crippen LogP contribution in [0.25, 0.3) is 0 Å². The van der Waals surface area contributed by atoms with Gasteiger partial charge in [-0.2, -0.15) is 0 Å². The number of carbonyl (C=O) groups is 3. The highest BCUT2D eigenvalue weighted by molar-refractivity contribution is 6.24. The molecule has 9 nitrogen and oxygen atoms in total. The van der Waals surface area contributed by atoms with Crippen LogP contribution < -0.4 is 10.6 Å². The first-order valence-corrected chi connectivity index (χ1v) is 10.8. The van der Waals surface area contributed by atoms with Gasteiger partial charge in [0.1, 0.15) is 17.5 Å². The summed E-state index contributed by atoms with van der Waals surface area (Å²) in [4.78, 5) is 39.2. The second kappa shape index (κ2) is 9.40. The lowest BCUT2D eigenvalue weighted by Gasteiger charge is -2.29. The Morgan fingerprint density at radius 3 is 2.50 bits per heavy atom. The van der Waals surface area contributed by atoms with Gasteiger partial charge in [0.25, 0.3) is 11.8 Å². The number of hydrogen-bond donors (Lipinski definition) is 4. The number of benzene rings is 2. The van der Waals surface area contributed by atoms with E-state index in [1.807, 2.05) is 6.07 Å². The number of anilines is 2. The van der Waals surface area contributed by atoms with Crippen LogP contribution in [-0.4, -0.2) is 44.7 Å². The number of carboxylic acids is 1. The van der Waals surface area contributed by atoms with E-state index in [4.69, 9.17) is 4.42 Å². The summed E-state index contributed by atoms with van der Waals surface area (Å²) < 4.78 is 5.29. The Balaban J connectivity index is 1.51. The molecule has 0 aliphatic carbocycles. The van der Waals surface area contributed by atoms with Crippen LogP contribution in [-0.2, 0) is 11.3 Å². The van der Waals surface area contributed by atoms with Crippen LogP contribution in [0.15, 0.2) is 71.3 Å². The number of carbonyl (C=O) groups excluding carboxylic acids is 2. The van der Waals surface area contributed by atoms with Crippen LogP contribution in [0.1, 0.15) is 46.2 Å². The molecule has 1 aliphatic rings. The van der Waals surface area contributed by atoms with Crippen LogP contribution >= 0.6 is 0 Å². The van der Waals surface area contributed by atoms with Gasteiger partial charge in [0.2, 0.25) is 0 Å². The van der Waals surface area contributed by atoms with E-state index in [1.165, 1.54) is 19.3 Å². The van der Waals surface area contributed by atoms with Gasteiger partial charge in [-0.05, 0) is 56.2 Å². The molecule has 9 heteroatoms. The molecule has 2 amide bonds. The molecule has 1 aliphatic heterocycles. The molecule has 0 bridgehead atoms. The first kappa shape index (κ1) is 23.1. The van der Waals surface area contributed by atoms with Crippen molar-refractivity contribution in [2.24, 2.45) is 0 Å². The molecular formula is C25H25N3O6. The monoisotopic (exact) mass is 463 g/mol. The van der Waals surface area contributed by atoms with Crippen LogP contribution in [0.4, 0.5) is 11.4 Å². The van der Waals surface area contributed by atoms with Gasteiger partial charge in [-0.1, -0.05) is 24.3 Å². The van der Waals surface area contributed by atoms with Crippen molar-refractivity contribution < 1.29 is 29.0 Å². The number of furan rings is 1. The number of aliphatic hydroxyl groups is 1. The number of rotatable bonds is 10. The van der Waals surface area contributed by atoms with Crippen molar-refractivity contribution in [3.63, 3.8) is 0 Å². The minimum atomic E-state index is -1.45. The molecule has 176 valence electrons. The second-order valence-corrected chi connectivity index (χ2v) is 8.30. The predicted octanol–water partition coefficient (Wildman–Crippen LogP) is 3.54. The van der Waals surface area contributed by atoms with Gasteiger partial charge in [0.05, 0.1) is 23.9 Å². The summed E-state index contributed by atoms with van der Waals surface area (Å²) in [5.74, 6) is -2.05. The lowest BCUT2D eigenvalue weighted by Crippen LogP contribution is -2.46. The highest BCUT2D eigenvalue weighted by Crippen LogP contribution is 2.32. The van der Waals surface area contributed by atoms with E-state index in [2.05, 4.69) is 10.6 Å². The SMILES string of the molecule is CC(O)(CCC(C(=O)O)N1C(=O)c2cccc(NCc3ccco3)c2C1=O)Nc1ccccc1. The number of hydrogen-bond acceptors (Lipinski definition) is 7. The molecule has 4 rings (SSSR count). The molecule has 0 saturated carbocycles. The standard InChI is InChI=1S/C25H25N3O6/c1-25(33,27-16-7-3-2-4-8-16)13-12-20(24(31)32)28-22(29)18-10-5-11-19(21(18)23(28)30)26-15-17-9-6-14-34-17/h2-11,14,20,26-27,33H,12-13,15H2,1H3,(H,31,32). The zero-order valence-corrected chi connectivity index (χ0v) is 18.5. The second-order valence-electron chi connectivity index (χ2n) is 8.30. The molecule has 0 radical (unpaired) electrons. The van der Waals surface area contributed by atoms with Gasteiger partial charge < -0.3 is 25.3 Å². The van der Waals surface area contributed by atoms with Crippen molar-refractivity contribution >= 4 is 29.2 Å². The molecule has 4 N–H and O–H groups in total. The fourth-order valence-electron chi connectivity index (χ4n) is 4.01. The number of amides is 2. The molecule has 2 atom stereocenters. The number of para-hydroxylation sites is 1. The number of imide groups is 1. The molecule has 2 heterocycles. The number of fused-ring (bicyclic) bond motifs is 1. The maximum atomic E-state index is 13.3. The van der Waals surface area contributed by atoms with Crippen molar-refractivity contribution in [3.8, 4) is 0 Å².